The van der Waals surface area contributed by atoms with Gasteiger partial charge in [0.25, 0.3) is 0 Å². The molecule has 4 rings (SSSR count). The molecule has 0 atom stereocenters. The summed E-state index contributed by atoms with van der Waals surface area (Å²) < 4.78 is 2.13. The molecule has 2 aromatic rings. The minimum Gasteiger partial charge on any atom is -0.321 e. The van der Waals surface area contributed by atoms with Crippen molar-refractivity contribution in [2.45, 2.75) is 37.1 Å². The average Bonchev–Trinajstić information content (AvgIpc) is 3.23. The number of pyridine rings is 1. The van der Waals surface area contributed by atoms with Crippen LogP contribution in [0.2, 0.25) is 0 Å². The van der Waals surface area contributed by atoms with Gasteiger partial charge in [0.1, 0.15) is 11.3 Å². The van der Waals surface area contributed by atoms with E-state index >= 15 is 0 Å². The van der Waals surface area contributed by atoms with Crippen LogP contribution in [0.4, 0.5) is 0 Å². The lowest BCUT2D eigenvalue weighted by atomic mass is 10.1. The molecule has 2 heterocycles. The quantitative estimate of drug-likeness (QED) is 0.852. The monoisotopic (exact) mass is 228 g/mol. The summed E-state index contributed by atoms with van der Waals surface area (Å²) in [5, 5.41) is 0. The van der Waals surface area contributed by atoms with Crippen molar-refractivity contribution in [1.82, 2.24) is 14.5 Å². The molecule has 2 saturated carbocycles. The van der Waals surface area contributed by atoms with Crippen LogP contribution >= 0.6 is 0 Å². The molecular weight excluding hydrogens is 212 g/mol. The SMILES string of the molecule is Cn1c(C2CC2)nc2cc(C3(N)CC3)cnc21. The highest BCUT2D eigenvalue weighted by Crippen LogP contribution is 2.44. The molecule has 0 aliphatic heterocycles. The van der Waals surface area contributed by atoms with Crippen LogP contribution in [0.1, 0.15) is 43.0 Å². The van der Waals surface area contributed by atoms with E-state index in [9.17, 15) is 0 Å². The largest absolute Gasteiger partial charge is 0.321 e. The molecule has 0 saturated heterocycles. The molecule has 88 valence electrons. The molecule has 0 spiro atoms. The Morgan fingerprint density at radius 2 is 2.18 bits per heavy atom. The van der Waals surface area contributed by atoms with E-state index < -0.39 is 0 Å². The number of aromatic nitrogens is 3. The Hall–Kier alpha value is -1.42. The van der Waals surface area contributed by atoms with Crippen molar-refractivity contribution >= 4 is 11.2 Å². The maximum Gasteiger partial charge on any atom is 0.159 e. The highest BCUT2D eigenvalue weighted by atomic mass is 15.1. The molecule has 17 heavy (non-hydrogen) atoms. The lowest BCUT2D eigenvalue weighted by Gasteiger charge is -2.07. The van der Waals surface area contributed by atoms with Gasteiger partial charge in [-0.1, -0.05) is 0 Å². The molecule has 4 heteroatoms. The summed E-state index contributed by atoms with van der Waals surface area (Å²) in [5.41, 5.74) is 9.22. The normalized spacial score (nSPS) is 22.0. The maximum atomic E-state index is 6.20. The van der Waals surface area contributed by atoms with Gasteiger partial charge in [-0.05, 0) is 37.3 Å². The Balaban J connectivity index is 1.89. The van der Waals surface area contributed by atoms with E-state index in [1.54, 1.807) is 0 Å². The number of hydrogen-bond donors (Lipinski definition) is 1. The summed E-state index contributed by atoms with van der Waals surface area (Å²) in [7, 11) is 2.06. The van der Waals surface area contributed by atoms with Gasteiger partial charge in [-0.25, -0.2) is 9.97 Å². The van der Waals surface area contributed by atoms with Gasteiger partial charge in [0.15, 0.2) is 5.65 Å². The number of hydrogen-bond acceptors (Lipinski definition) is 3. The molecule has 0 bridgehead atoms. The van der Waals surface area contributed by atoms with Crippen LogP contribution in [0.15, 0.2) is 12.3 Å². The van der Waals surface area contributed by atoms with Gasteiger partial charge in [0.2, 0.25) is 0 Å². The van der Waals surface area contributed by atoms with Crippen molar-refractivity contribution in [1.29, 1.82) is 0 Å². The highest BCUT2D eigenvalue weighted by Gasteiger charge is 2.40. The van der Waals surface area contributed by atoms with Crippen molar-refractivity contribution < 1.29 is 0 Å². The van der Waals surface area contributed by atoms with Crippen molar-refractivity contribution in [2.24, 2.45) is 12.8 Å². The summed E-state index contributed by atoms with van der Waals surface area (Å²) in [6.07, 6.45) is 6.61. The van der Waals surface area contributed by atoms with Crippen LogP contribution in [0, 0.1) is 0 Å². The smallest absolute Gasteiger partial charge is 0.159 e. The Bertz CT molecular complexity index is 605. The van der Waals surface area contributed by atoms with Gasteiger partial charge in [-0.15, -0.1) is 0 Å². The van der Waals surface area contributed by atoms with Crippen molar-refractivity contribution in [2.75, 3.05) is 0 Å². The van der Waals surface area contributed by atoms with Gasteiger partial charge in [-0.3, -0.25) is 0 Å². The fourth-order valence-electron chi connectivity index (χ4n) is 2.50. The molecule has 0 unspecified atom stereocenters. The molecule has 0 aromatic carbocycles. The van der Waals surface area contributed by atoms with Crippen LogP contribution in [-0.4, -0.2) is 14.5 Å². The fourth-order valence-corrected chi connectivity index (χ4v) is 2.50. The van der Waals surface area contributed by atoms with Gasteiger partial charge in [0.05, 0.1) is 0 Å². The van der Waals surface area contributed by atoms with E-state index in [1.807, 2.05) is 6.20 Å². The zero-order valence-corrected chi connectivity index (χ0v) is 9.98. The first-order valence-electron chi connectivity index (χ1n) is 6.29. The van der Waals surface area contributed by atoms with Crippen LogP contribution in [0.3, 0.4) is 0 Å². The second-order valence-electron chi connectivity index (χ2n) is 5.53. The first-order chi connectivity index (χ1) is 8.17. The second kappa shape index (κ2) is 2.88. The van der Waals surface area contributed by atoms with Crippen molar-refractivity contribution in [3.8, 4) is 0 Å². The van der Waals surface area contributed by atoms with Gasteiger partial charge in [0, 0.05) is 24.7 Å². The number of fused-ring (bicyclic) bond motifs is 1. The number of imidazole rings is 1. The third kappa shape index (κ3) is 1.33. The summed E-state index contributed by atoms with van der Waals surface area (Å²) in [5.74, 6) is 1.84. The topological polar surface area (TPSA) is 56.7 Å². The first-order valence-corrected chi connectivity index (χ1v) is 6.29. The summed E-state index contributed by atoms with van der Waals surface area (Å²) in [4.78, 5) is 9.26. The van der Waals surface area contributed by atoms with Crippen LogP contribution in [0.5, 0.6) is 0 Å². The van der Waals surface area contributed by atoms with Crippen LogP contribution < -0.4 is 5.73 Å². The third-order valence-corrected chi connectivity index (χ3v) is 4.05. The molecule has 0 radical (unpaired) electrons. The Morgan fingerprint density at radius 3 is 2.82 bits per heavy atom. The summed E-state index contributed by atoms with van der Waals surface area (Å²) >= 11 is 0. The minimum atomic E-state index is -0.113. The predicted octanol–water partition coefficient (Wildman–Crippen LogP) is 1.79. The van der Waals surface area contributed by atoms with Crippen LogP contribution in [-0.2, 0) is 12.6 Å². The lowest BCUT2D eigenvalue weighted by Crippen LogP contribution is -2.18. The standard InChI is InChI=1S/C13H16N4/c1-17-11(8-2-3-8)16-10-6-9(7-15-12(10)17)13(14)4-5-13/h6-8H,2-5,14H2,1H3. The minimum absolute atomic E-state index is 0.113. The van der Waals surface area contributed by atoms with Crippen molar-refractivity contribution in [3.05, 3.63) is 23.7 Å². The molecule has 4 nitrogen and oxygen atoms in total. The zero-order valence-electron chi connectivity index (χ0n) is 9.98. The predicted molar refractivity (Wildman–Crippen MR) is 65.6 cm³/mol. The average molecular weight is 228 g/mol. The van der Waals surface area contributed by atoms with Crippen LogP contribution in [0.25, 0.3) is 11.2 Å². The van der Waals surface area contributed by atoms with E-state index in [2.05, 4.69) is 22.7 Å². The Kier molecular flexibility index (Phi) is 1.62. The molecule has 2 aromatic heterocycles. The number of nitrogens with zero attached hydrogens (tertiary/aromatic N) is 3. The van der Waals surface area contributed by atoms with Gasteiger partial charge >= 0.3 is 0 Å². The Labute approximate surface area is 99.9 Å². The van der Waals surface area contributed by atoms with E-state index in [0.717, 1.165) is 29.6 Å². The number of nitrogens with two attached hydrogens (primary N) is 1. The zero-order chi connectivity index (χ0) is 11.6. The van der Waals surface area contributed by atoms with E-state index in [4.69, 9.17) is 10.7 Å². The lowest BCUT2D eigenvalue weighted by molar-refractivity contribution is 0.736. The fraction of sp³-hybridized carbons (Fsp3) is 0.538. The number of aryl methyl sites for hydroxylation is 1. The van der Waals surface area contributed by atoms with Gasteiger partial charge < -0.3 is 10.3 Å². The molecule has 2 aliphatic carbocycles. The van der Waals surface area contributed by atoms with Gasteiger partial charge in [-0.2, -0.15) is 0 Å². The molecule has 2 fully saturated rings. The summed E-state index contributed by atoms with van der Waals surface area (Å²) in [6.45, 7) is 0. The molecule has 2 N–H and O–H groups in total. The second-order valence-corrected chi connectivity index (χ2v) is 5.53. The molecule has 2 aliphatic rings. The maximum absolute atomic E-state index is 6.20. The Morgan fingerprint density at radius 1 is 1.41 bits per heavy atom. The number of rotatable bonds is 2. The summed E-state index contributed by atoms with van der Waals surface area (Å²) in [6, 6.07) is 2.13. The third-order valence-electron chi connectivity index (χ3n) is 4.05. The van der Waals surface area contributed by atoms with Crippen molar-refractivity contribution in [3.63, 3.8) is 0 Å². The molecule has 0 amide bonds. The first kappa shape index (κ1) is 9.59. The highest BCUT2D eigenvalue weighted by molar-refractivity contribution is 5.73. The van der Waals surface area contributed by atoms with E-state index in [-0.39, 0.29) is 5.54 Å². The van der Waals surface area contributed by atoms with E-state index in [0.29, 0.717) is 5.92 Å². The molecular formula is C13H16N4. The van der Waals surface area contributed by atoms with E-state index in [1.165, 1.54) is 18.7 Å².